The number of hydrogen-bond donors (Lipinski definition) is 1. The van der Waals surface area contributed by atoms with E-state index in [1.165, 1.54) is 0 Å². The number of aldehydes is 1. The van der Waals surface area contributed by atoms with Gasteiger partial charge >= 0.3 is 0 Å². The number of carbonyl (C=O) groups excluding carboxylic acids is 2. The van der Waals surface area contributed by atoms with Crippen LogP contribution in [0.4, 0.5) is 0 Å². The van der Waals surface area contributed by atoms with Gasteiger partial charge in [-0.05, 0) is 24.3 Å². The zero-order valence-corrected chi connectivity index (χ0v) is 16.6. The lowest BCUT2D eigenvalue weighted by atomic mass is 10.1. The number of para-hydroxylation sites is 1. The molecule has 1 N–H and O–H groups in total. The number of benzene rings is 2. The van der Waals surface area contributed by atoms with E-state index >= 15 is 0 Å². The van der Waals surface area contributed by atoms with E-state index in [4.69, 9.17) is 0 Å². The van der Waals surface area contributed by atoms with E-state index in [9.17, 15) is 14.7 Å². The molecule has 0 spiro atoms. The molecule has 1 saturated heterocycles. The maximum Gasteiger partial charge on any atom is 0.253 e. The fourth-order valence-corrected chi connectivity index (χ4v) is 4.96. The van der Waals surface area contributed by atoms with Crippen LogP contribution in [-0.2, 0) is 4.79 Å². The summed E-state index contributed by atoms with van der Waals surface area (Å²) in [6.45, 7) is 2.56. The molecule has 1 aliphatic heterocycles. The summed E-state index contributed by atoms with van der Waals surface area (Å²) in [5.41, 5.74) is 1.49. The number of fused-ring (bicyclic) bond motifs is 1. The van der Waals surface area contributed by atoms with Gasteiger partial charge in [0.25, 0.3) is 5.91 Å². The Morgan fingerprint density at radius 3 is 2.48 bits per heavy atom. The fraction of sp³-hybridized carbons (Fsp3) is 0.318. The number of aromatic nitrogens is 1. The van der Waals surface area contributed by atoms with Crippen LogP contribution in [0.15, 0.2) is 48.5 Å². The molecule has 1 saturated carbocycles. The summed E-state index contributed by atoms with van der Waals surface area (Å²) in [6.07, 6.45) is 1.14. The Morgan fingerprint density at radius 1 is 1.10 bits per heavy atom. The summed E-state index contributed by atoms with van der Waals surface area (Å²) in [7, 11) is 0. The van der Waals surface area contributed by atoms with E-state index in [2.05, 4.69) is 16.0 Å². The highest BCUT2D eigenvalue weighted by Gasteiger charge is 2.56. The topological polar surface area (TPSA) is 73.7 Å². The van der Waals surface area contributed by atoms with Crippen molar-refractivity contribution in [1.29, 1.82) is 0 Å². The molecule has 3 aromatic rings. The molecule has 2 heterocycles. The van der Waals surface area contributed by atoms with Gasteiger partial charge in [-0.15, -0.1) is 11.3 Å². The van der Waals surface area contributed by atoms with E-state index in [0.29, 0.717) is 44.4 Å². The Hall–Kier alpha value is -2.61. The van der Waals surface area contributed by atoms with Gasteiger partial charge in [-0.25, -0.2) is 4.98 Å². The molecule has 2 aromatic carbocycles. The van der Waals surface area contributed by atoms with E-state index in [1.807, 2.05) is 47.4 Å². The highest BCUT2D eigenvalue weighted by molar-refractivity contribution is 7.21. The van der Waals surface area contributed by atoms with Crippen LogP contribution in [-0.4, -0.2) is 69.9 Å². The maximum absolute atomic E-state index is 12.9. The first-order chi connectivity index (χ1) is 14.1. The lowest BCUT2D eigenvalue weighted by Crippen LogP contribution is -2.50. The number of hydrogen-bond acceptors (Lipinski definition) is 6. The molecule has 2 fully saturated rings. The van der Waals surface area contributed by atoms with Crippen molar-refractivity contribution < 1.29 is 14.7 Å². The van der Waals surface area contributed by atoms with Crippen LogP contribution in [0.5, 0.6) is 0 Å². The molecule has 0 radical (unpaired) electrons. The average Bonchev–Trinajstić information content (AvgIpc) is 3.27. The minimum atomic E-state index is -1.18. The summed E-state index contributed by atoms with van der Waals surface area (Å²) >= 11 is 1.65. The van der Waals surface area contributed by atoms with Crippen molar-refractivity contribution in [3.63, 3.8) is 0 Å². The molecular weight excluding hydrogens is 386 g/mol. The predicted octanol–water partition coefficient (Wildman–Crippen LogP) is 2.42. The van der Waals surface area contributed by atoms with Gasteiger partial charge in [0.2, 0.25) is 0 Å². The quantitative estimate of drug-likeness (QED) is 0.673. The van der Waals surface area contributed by atoms with Gasteiger partial charge in [0.15, 0.2) is 6.29 Å². The number of thiazole rings is 1. The second kappa shape index (κ2) is 7.02. The Labute approximate surface area is 172 Å². The molecule has 5 rings (SSSR count). The number of carbonyl (C=O) groups is 2. The number of aliphatic hydroxyl groups is 1. The van der Waals surface area contributed by atoms with Gasteiger partial charge in [0, 0.05) is 49.8 Å². The van der Waals surface area contributed by atoms with E-state index in [1.54, 1.807) is 11.3 Å². The molecule has 29 heavy (non-hydrogen) atoms. The third-order valence-electron chi connectivity index (χ3n) is 5.86. The molecule has 148 valence electrons. The number of amides is 1. The minimum Gasteiger partial charge on any atom is -0.381 e. The van der Waals surface area contributed by atoms with Crippen LogP contribution < -0.4 is 0 Å². The zero-order chi connectivity index (χ0) is 20.0. The van der Waals surface area contributed by atoms with Gasteiger partial charge in [0.05, 0.1) is 10.2 Å². The SMILES string of the molecule is O=CC1(O)CC1N1CCN(C(=O)c2ccc(-c3nc4ccccc4s3)cc2)CC1. The fourth-order valence-electron chi connectivity index (χ4n) is 3.99. The Kier molecular flexibility index (Phi) is 4.46. The predicted molar refractivity (Wildman–Crippen MR) is 112 cm³/mol. The van der Waals surface area contributed by atoms with Crippen LogP contribution in [0.25, 0.3) is 20.8 Å². The molecule has 2 unspecified atom stereocenters. The van der Waals surface area contributed by atoms with Crippen LogP contribution in [0, 0.1) is 0 Å². The van der Waals surface area contributed by atoms with Crippen LogP contribution in [0.3, 0.4) is 0 Å². The standard InChI is InChI=1S/C22H21N3O3S/c26-14-22(28)13-19(22)24-9-11-25(12-10-24)21(27)16-7-5-15(6-8-16)20-23-17-3-1-2-4-18(17)29-20/h1-8,14,19,28H,9-13H2. The van der Waals surface area contributed by atoms with Gasteiger partial charge < -0.3 is 14.8 Å². The molecule has 0 bridgehead atoms. The molecule has 1 aromatic heterocycles. The van der Waals surface area contributed by atoms with Crippen molar-refractivity contribution >= 4 is 33.7 Å². The molecule has 2 aliphatic rings. The third-order valence-corrected chi connectivity index (χ3v) is 6.94. The molecule has 1 amide bonds. The molecule has 6 nitrogen and oxygen atoms in total. The zero-order valence-electron chi connectivity index (χ0n) is 15.8. The van der Waals surface area contributed by atoms with Crippen molar-refractivity contribution in [2.75, 3.05) is 26.2 Å². The molecule has 2 atom stereocenters. The summed E-state index contributed by atoms with van der Waals surface area (Å²) in [4.78, 5) is 32.4. The molecular formula is C22H21N3O3S. The van der Waals surface area contributed by atoms with E-state index < -0.39 is 5.60 Å². The van der Waals surface area contributed by atoms with Crippen molar-refractivity contribution in [2.24, 2.45) is 0 Å². The summed E-state index contributed by atoms with van der Waals surface area (Å²) in [5.74, 6) is 0.0157. The van der Waals surface area contributed by atoms with Crippen LogP contribution >= 0.6 is 11.3 Å². The number of rotatable bonds is 4. The van der Waals surface area contributed by atoms with Gasteiger partial charge in [-0.1, -0.05) is 24.3 Å². The maximum atomic E-state index is 12.9. The van der Waals surface area contributed by atoms with Crippen molar-refractivity contribution in [2.45, 2.75) is 18.1 Å². The van der Waals surface area contributed by atoms with Crippen molar-refractivity contribution in [1.82, 2.24) is 14.8 Å². The summed E-state index contributed by atoms with van der Waals surface area (Å²) in [5, 5.41) is 10.9. The van der Waals surface area contributed by atoms with Gasteiger partial charge in [-0.3, -0.25) is 9.69 Å². The van der Waals surface area contributed by atoms with E-state index in [-0.39, 0.29) is 11.9 Å². The van der Waals surface area contributed by atoms with Crippen LogP contribution in [0.2, 0.25) is 0 Å². The highest BCUT2D eigenvalue weighted by atomic mass is 32.1. The van der Waals surface area contributed by atoms with Gasteiger partial charge in [0.1, 0.15) is 10.6 Å². The molecule has 1 aliphatic carbocycles. The third kappa shape index (κ3) is 3.35. The first-order valence-corrected chi connectivity index (χ1v) is 10.6. The second-order valence-electron chi connectivity index (χ2n) is 7.72. The summed E-state index contributed by atoms with van der Waals surface area (Å²) < 4.78 is 1.15. The smallest absolute Gasteiger partial charge is 0.253 e. The second-order valence-corrected chi connectivity index (χ2v) is 8.75. The lowest BCUT2D eigenvalue weighted by molar-refractivity contribution is -0.117. The summed E-state index contributed by atoms with van der Waals surface area (Å²) in [6, 6.07) is 15.6. The van der Waals surface area contributed by atoms with E-state index in [0.717, 1.165) is 20.8 Å². The van der Waals surface area contributed by atoms with Gasteiger partial charge in [-0.2, -0.15) is 0 Å². The van der Waals surface area contributed by atoms with Crippen LogP contribution in [0.1, 0.15) is 16.8 Å². The number of nitrogens with zero attached hydrogens (tertiary/aromatic N) is 3. The highest BCUT2D eigenvalue weighted by Crippen LogP contribution is 2.39. The monoisotopic (exact) mass is 407 g/mol. The first-order valence-electron chi connectivity index (χ1n) is 9.75. The number of piperazine rings is 1. The Balaban J connectivity index is 1.25. The average molecular weight is 407 g/mol. The normalized spacial score (nSPS) is 24.6. The minimum absolute atomic E-state index is 0.0157. The Bertz CT molecular complexity index is 1040. The molecule has 7 heteroatoms. The largest absolute Gasteiger partial charge is 0.381 e. The Morgan fingerprint density at radius 2 is 1.83 bits per heavy atom. The lowest BCUT2D eigenvalue weighted by Gasteiger charge is -2.35. The van der Waals surface area contributed by atoms with Crippen molar-refractivity contribution in [3.05, 3.63) is 54.1 Å². The first kappa shape index (κ1) is 18.4. The van der Waals surface area contributed by atoms with Crippen molar-refractivity contribution in [3.8, 4) is 10.6 Å².